The summed E-state index contributed by atoms with van der Waals surface area (Å²) in [5.74, 6) is 0.0468. The normalized spacial score (nSPS) is 20.4. The quantitative estimate of drug-likeness (QED) is 0.711. The van der Waals surface area contributed by atoms with Crippen LogP contribution in [-0.4, -0.2) is 70.0 Å². The maximum Gasteiger partial charge on any atom is 0.242 e. The second-order valence-electron chi connectivity index (χ2n) is 8.01. The van der Waals surface area contributed by atoms with Gasteiger partial charge in [-0.3, -0.25) is 14.6 Å². The standard InChI is InChI=1S/C20H30N4O3.2ClH/c1-15(25)18(21)19(27)23-12-7-20(8-13-23)6-2-17(26)24(14-20)11-5-16-3-9-22-10-4-16;;/h3-4,9-10,15,18,25H,2,5-8,11-14,21H2,1H3;2*1H/t15-,18+;;/m1../s1. The molecule has 1 aromatic heterocycles. The van der Waals surface area contributed by atoms with Gasteiger partial charge in [-0.25, -0.2) is 0 Å². The second-order valence-corrected chi connectivity index (χ2v) is 8.01. The molecule has 2 aliphatic rings. The Balaban J connectivity index is 0.00000210. The Morgan fingerprint density at radius 3 is 2.45 bits per heavy atom. The summed E-state index contributed by atoms with van der Waals surface area (Å²) in [6, 6.07) is 3.11. The van der Waals surface area contributed by atoms with Crippen molar-refractivity contribution in [1.29, 1.82) is 0 Å². The monoisotopic (exact) mass is 446 g/mol. The van der Waals surface area contributed by atoms with E-state index >= 15 is 0 Å². The molecule has 7 nitrogen and oxygen atoms in total. The number of halogens is 2. The van der Waals surface area contributed by atoms with Gasteiger partial charge in [0.15, 0.2) is 0 Å². The molecule has 0 aromatic carbocycles. The Hall–Kier alpha value is -1.41. The highest BCUT2D eigenvalue weighted by molar-refractivity contribution is 5.85. The van der Waals surface area contributed by atoms with Crippen LogP contribution >= 0.6 is 24.8 Å². The van der Waals surface area contributed by atoms with Crippen molar-refractivity contribution in [3.05, 3.63) is 30.1 Å². The molecule has 2 fully saturated rings. The number of piperidine rings is 2. The lowest BCUT2D eigenvalue weighted by atomic mass is 9.72. The van der Waals surface area contributed by atoms with Gasteiger partial charge in [0.25, 0.3) is 0 Å². The molecule has 0 radical (unpaired) electrons. The van der Waals surface area contributed by atoms with E-state index in [0.29, 0.717) is 19.5 Å². The van der Waals surface area contributed by atoms with Crippen molar-refractivity contribution in [2.24, 2.45) is 11.1 Å². The van der Waals surface area contributed by atoms with Crippen LogP contribution in [0, 0.1) is 5.41 Å². The minimum atomic E-state index is -0.858. The van der Waals surface area contributed by atoms with Crippen molar-refractivity contribution in [3.8, 4) is 0 Å². The van der Waals surface area contributed by atoms with Gasteiger partial charge in [0, 0.05) is 45.0 Å². The van der Waals surface area contributed by atoms with E-state index in [1.165, 1.54) is 5.56 Å². The fraction of sp³-hybridized carbons (Fsp3) is 0.650. The molecule has 3 rings (SSSR count). The number of aliphatic hydroxyl groups excluding tert-OH is 1. The van der Waals surface area contributed by atoms with E-state index in [9.17, 15) is 14.7 Å². The number of rotatable bonds is 5. The molecule has 2 aliphatic heterocycles. The molecule has 1 spiro atoms. The van der Waals surface area contributed by atoms with E-state index in [1.807, 2.05) is 17.0 Å². The third kappa shape index (κ3) is 6.28. The van der Waals surface area contributed by atoms with Gasteiger partial charge in [-0.05, 0) is 55.7 Å². The van der Waals surface area contributed by atoms with Crippen LogP contribution in [0.1, 0.15) is 38.2 Å². The highest BCUT2D eigenvalue weighted by Gasteiger charge is 2.42. The van der Waals surface area contributed by atoms with Crippen LogP contribution in [0.4, 0.5) is 0 Å². The average molecular weight is 447 g/mol. The Morgan fingerprint density at radius 2 is 1.86 bits per heavy atom. The maximum absolute atomic E-state index is 12.4. The van der Waals surface area contributed by atoms with Crippen molar-refractivity contribution >= 4 is 36.6 Å². The number of nitrogens with two attached hydrogens (primary N) is 1. The minimum absolute atomic E-state index is 0. The molecule has 0 unspecified atom stereocenters. The van der Waals surface area contributed by atoms with Crippen LogP contribution in [0.3, 0.4) is 0 Å². The number of nitrogens with zero attached hydrogens (tertiary/aromatic N) is 3. The molecule has 3 N–H and O–H groups in total. The number of aliphatic hydroxyl groups is 1. The zero-order valence-electron chi connectivity index (χ0n) is 16.8. The van der Waals surface area contributed by atoms with Crippen molar-refractivity contribution in [1.82, 2.24) is 14.8 Å². The van der Waals surface area contributed by atoms with Crippen LogP contribution in [0.25, 0.3) is 0 Å². The summed E-state index contributed by atoms with van der Waals surface area (Å²) in [6.07, 6.45) is 6.77. The second kappa shape index (κ2) is 11.1. The molecule has 3 heterocycles. The minimum Gasteiger partial charge on any atom is -0.391 e. The summed E-state index contributed by atoms with van der Waals surface area (Å²) in [5.41, 5.74) is 7.08. The molecule has 0 bridgehead atoms. The molecule has 2 saturated heterocycles. The summed E-state index contributed by atoms with van der Waals surface area (Å²) in [7, 11) is 0. The van der Waals surface area contributed by atoms with Crippen LogP contribution in [-0.2, 0) is 16.0 Å². The molecular weight excluding hydrogens is 415 g/mol. The first-order valence-corrected chi connectivity index (χ1v) is 9.79. The van der Waals surface area contributed by atoms with Crippen LogP contribution in [0.5, 0.6) is 0 Å². The Kier molecular flexibility index (Phi) is 9.82. The summed E-state index contributed by atoms with van der Waals surface area (Å²) in [6.45, 7) is 4.32. The highest BCUT2D eigenvalue weighted by atomic mass is 35.5. The highest BCUT2D eigenvalue weighted by Crippen LogP contribution is 2.40. The topological polar surface area (TPSA) is 99.8 Å². The van der Waals surface area contributed by atoms with E-state index < -0.39 is 12.1 Å². The molecule has 0 saturated carbocycles. The zero-order valence-corrected chi connectivity index (χ0v) is 18.5. The van der Waals surface area contributed by atoms with Crippen LogP contribution < -0.4 is 5.73 Å². The number of carbonyl (C=O) groups is 2. The smallest absolute Gasteiger partial charge is 0.242 e. The third-order valence-electron chi connectivity index (χ3n) is 6.11. The van der Waals surface area contributed by atoms with Gasteiger partial charge >= 0.3 is 0 Å². The Labute approximate surface area is 184 Å². The molecule has 1 aromatic rings. The van der Waals surface area contributed by atoms with E-state index in [2.05, 4.69) is 4.98 Å². The van der Waals surface area contributed by atoms with E-state index in [-0.39, 0.29) is 42.0 Å². The fourth-order valence-corrected chi connectivity index (χ4v) is 4.15. The molecule has 9 heteroatoms. The Bertz CT molecular complexity index is 667. The third-order valence-corrected chi connectivity index (χ3v) is 6.11. The predicted molar refractivity (Wildman–Crippen MR) is 116 cm³/mol. The van der Waals surface area contributed by atoms with Crippen molar-refractivity contribution in [2.75, 3.05) is 26.2 Å². The van der Waals surface area contributed by atoms with Crippen molar-refractivity contribution < 1.29 is 14.7 Å². The van der Waals surface area contributed by atoms with E-state index in [4.69, 9.17) is 5.73 Å². The van der Waals surface area contributed by atoms with Gasteiger partial charge in [-0.15, -0.1) is 24.8 Å². The molecule has 29 heavy (non-hydrogen) atoms. The molecular formula is C20H32Cl2N4O3. The van der Waals surface area contributed by atoms with Gasteiger partial charge in [-0.1, -0.05) is 0 Å². The van der Waals surface area contributed by atoms with Crippen molar-refractivity contribution in [2.45, 2.75) is 51.2 Å². The van der Waals surface area contributed by atoms with Gasteiger partial charge < -0.3 is 20.6 Å². The fourth-order valence-electron chi connectivity index (χ4n) is 4.15. The lowest BCUT2D eigenvalue weighted by Gasteiger charge is -2.47. The number of pyridine rings is 1. The van der Waals surface area contributed by atoms with E-state index in [1.54, 1.807) is 24.2 Å². The number of likely N-dealkylation sites (tertiary alicyclic amines) is 2. The number of carbonyl (C=O) groups excluding carboxylic acids is 2. The maximum atomic E-state index is 12.4. The number of aromatic nitrogens is 1. The molecule has 0 aliphatic carbocycles. The number of hydrogen-bond acceptors (Lipinski definition) is 5. The number of hydrogen-bond donors (Lipinski definition) is 2. The molecule has 2 atom stereocenters. The summed E-state index contributed by atoms with van der Waals surface area (Å²) in [4.78, 5) is 32.5. The van der Waals surface area contributed by atoms with Gasteiger partial charge in [0.1, 0.15) is 6.04 Å². The van der Waals surface area contributed by atoms with Crippen LogP contribution in [0.2, 0.25) is 0 Å². The lowest BCUT2D eigenvalue weighted by molar-refractivity contribution is -0.143. The Morgan fingerprint density at radius 1 is 1.24 bits per heavy atom. The number of amides is 2. The predicted octanol–water partition coefficient (Wildman–Crippen LogP) is 1.41. The summed E-state index contributed by atoms with van der Waals surface area (Å²) >= 11 is 0. The summed E-state index contributed by atoms with van der Waals surface area (Å²) in [5, 5.41) is 9.56. The largest absolute Gasteiger partial charge is 0.391 e. The van der Waals surface area contributed by atoms with E-state index in [0.717, 1.165) is 38.8 Å². The molecule has 164 valence electrons. The first kappa shape index (κ1) is 25.6. The lowest BCUT2D eigenvalue weighted by Crippen LogP contribution is -2.56. The van der Waals surface area contributed by atoms with Gasteiger partial charge in [0.2, 0.25) is 11.8 Å². The first-order valence-electron chi connectivity index (χ1n) is 9.79. The molecule has 2 amide bonds. The van der Waals surface area contributed by atoms with Crippen LogP contribution in [0.15, 0.2) is 24.5 Å². The average Bonchev–Trinajstić information content (AvgIpc) is 2.69. The van der Waals surface area contributed by atoms with Gasteiger partial charge in [0.05, 0.1) is 6.10 Å². The SMILES string of the molecule is C[C@@H](O)[C@H](N)C(=O)N1CCC2(CCC(=O)N(CCc3ccncc3)C2)CC1.Cl.Cl. The summed E-state index contributed by atoms with van der Waals surface area (Å²) < 4.78 is 0. The van der Waals surface area contributed by atoms with Gasteiger partial charge in [-0.2, -0.15) is 0 Å². The zero-order chi connectivity index (χ0) is 19.4. The first-order chi connectivity index (χ1) is 12.9. The van der Waals surface area contributed by atoms with Crippen molar-refractivity contribution in [3.63, 3.8) is 0 Å².